The molecule has 3 aromatic rings. The Morgan fingerprint density at radius 3 is 2.69 bits per heavy atom. The van der Waals surface area contributed by atoms with Gasteiger partial charge in [0, 0.05) is 12.1 Å². The molecule has 2 aromatic carbocycles. The van der Waals surface area contributed by atoms with Gasteiger partial charge in [0.05, 0.1) is 22.5 Å². The highest BCUT2D eigenvalue weighted by Crippen LogP contribution is 2.23. The molecule has 1 aliphatic heterocycles. The molecule has 0 radical (unpaired) electrons. The number of amides is 1. The topological polar surface area (TPSA) is 105 Å². The van der Waals surface area contributed by atoms with Gasteiger partial charge in [0.15, 0.2) is 0 Å². The van der Waals surface area contributed by atoms with Gasteiger partial charge in [-0.3, -0.25) is 14.5 Å². The summed E-state index contributed by atoms with van der Waals surface area (Å²) in [5.74, 6) is 0.748. The van der Waals surface area contributed by atoms with E-state index in [-0.39, 0.29) is 23.2 Å². The molecule has 0 saturated carbocycles. The number of hydrogen-bond acceptors (Lipinski definition) is 5. The van der Waals surface area contributed by atoms with E-state index < -0.39 is 16.1 Å². The number of imidazole rings is 1. The Hall–Kier alpha value is -3.20. The van der Waals surface area contributed by atoms with Gasteiger partial charge in [-0.05, 0) is 37.6 Å². The highest BCUT2D eigenvalue weighted by atomic mass is 32.2. The lowest BCUT2D eigenvalue weighted by atomic mass is 10.1. The van der Waals surface area contributed by atoms with Crippen molar-refractivity contribution in [2.45, 2.75) is 57.1 Å². The third kappa shape index (κ3) is 4.25. The molecule has 0 bridgehead atoms. The molecule has 1 amide bonds. The molecule has 2 N–H and O–H groups in total. The van der Waals surface area contributed by atoms with Crippen molar-refractivity contribution >= 4 is 32.8 Å². The molecule has 9 heteroatoms. The molecular weight excluding hydrogens is 426 g/mol. The molecule has 32 heavy (non-hydrogen) atoms. The number of carbonyl (C=O) groups is 1. The number of benzene rings is 2. The van der Waals surface area contributed by atoms with Crippen molar-refractivity contribution in [3.8, 4) is 0 Å². The predicted octanol–water partition coefficient (Wildman–Crippen LogP) is 2.97. The van der Waals surface area contributed by atoms with Crippen molar-refractivity contribution in [2.24, 2.45) is 4.99 Å². The van der Waals surface area contributed by atoms with Gasteiger partial charge >= 0.3 is 0 Å². The van der Waals surface area contributed by atoms with E-state index in [4.69, 9.17) is 0 Å². The van der Waals surface area contributed by atoms with E-state index in [1.165, 1.54) is 6.07 Å². The first-order valence-corrected chi connectivity index (χ1v) is 12.3. The second kappa shape index (κ2) is 9.12. The van der Waals surface area contributed by atoms with Gasteiger partial charge in [0.1, 0.15) is 17.7 Å². The van der Waals surface area contributed by atoms with Crippen LogP contribution >= 0.6 is 0 Å². The zero-order valence-corrected chi connectivity index (χ0v) is 19.0. The summed E-state index contributed by atoms with van der Waals surface area (Å²) in [4.78, 5) is 22.4. The zero-order valence-electron chi connectivity index (χ0n) is 18.2. The van der Waals surface area contributed by atoms with Crippen LogP contribution in [0.3, 0.4) is 0 Å². The van der Waals surface area contributed by atoms with Crippen LogP contribution in [0.4, 0.5) is 0 Å². The summed E-state index contributed by atoms with van der Waals surface area (Å²) in [6, 6.07) is 13.8. The quantitative estimate of drug-likeness (QED) is 0.547. The van der Waals surface area contributed by atoms with E-state index in [0.717, 1.165) is 36.2 Å². The number of unbranched alkanes of at least 4 members (excludes halogenated alkanes) is 1. The lowest BCUT2D eigenvalue weighted by Crippen LogP contribution is -2.36. The van der Waals surface area contributed by atoms with Crippen LogP contribution in [-0.2, 0) is 27.9 Å². The van der Waals surface area contributed by atoms with Crippen LogP contribution < -0.4 is 10.0 Å². The minimum absolute atomic E-state index is 0.185. The summed E-state index contributed by atoms with van der Waals surface area (Å²) in [6.45, 7) is 5.10. The van der Waals surface area contributed by atoms with Crippen LogP contribution in [0.25, 0.3) is 11.0 Å². The zero-order chi connectivity index (χ0) is 22.7. The fraction of sp³-hybridized carbons (Fsp3) is 0.348. The summed E-state index contributed by atoms with van der Waals surface area (Å²) in [7, 11) is -3.65. The molecule has 0 fully saturated rings. The van der Waals surface area contributed by atoms with Gasteiger partial charge in [-0.25, -0.2) is 13.4 Å². The van der Waals surface area contributed by atoms with Crippen molar-refractivity contribution in [3.63, 3.8) is 0 Å². The molecule has 0 aliphatic carbocycles. The maximum Gasteiger partial charge on any atom is 0.263 e. The maximum atomic E-state index is 13.1. The molecule has 1 unspecified atom stereocenters. The summed E-state index contributed by atoms with van der Waals surface area (Å²) < 4.78 is 29.3. The number of sulfonamides is 1. The first-order chi connectivity index (χ1) is 15.4. The molecule has 2 heterocycles. The van der Waals surface area contributed by atoms with Crippen molar-refractivity contribution in [2.75, 3.05) is 0 Å². The average molecular weight is 454 g/mol. The Kier molecular flexibility index (Phi) is 6.27. The van der Waals surface area contributed by atoms with Crippen molar-refractivity contribution in [1.82, 2.24) is 19.6 Å². The minimum atomic E-state index is -3.65. The van der Waals surface area contributed by atoms with Crippen LogP contribution in [0.5, 0.6) is 0 Å². The second-order valence-corrected chi connectivity index (χ2v) is 9.37. The number of rotatable bonds is 8. The van der Waals surface area contributed by atoms with Gasteiger partial charge in [-0.15, -0.1) is 0 Å². The lowest BCUT2D eigenvalue weighted by Gasteiger charge is -2.14. The largest absolute Gasteiger partial charge is 0.347 e. The number of nitrogens with zero attached hydrogens (tertiary/aromatic N) is 3. The highest BCUT2D eigenvalue weighted by molar-refractivity contribution is 7.90. The molecule has 1 atom stereocenters. The predicted molar refractivity (Wildman–Crippen MR) is 124 cm³/mol. The van der Waals surface area contributed by atoms with E-state index in [1.54, 1.807) is 18.2 Å². The third-order valence-corrected chi connectivity index (χ3v) is 6.95. The molecule has 1 aromatic heterocycles. The number of carbonyl (C=O) groups excluding carboxylic acids is 1. The molecule has 4 rings (SSSR count). The Bertz CT molecular complexity index is 1280. The monoisotopic (exact) mass is 453 g/mol. The summed E-state index contributed by atoms with van der Waals surface area (Å²) in [5, 5.41) is 2.96. The van der Waals surface area contributed by atoms with E-state index >= 15 is 0 Å². The number of hydrogen-bond donors (Lipinski definition) is 2. The number of para-hydroxylation sites is 2. The summed E-state index contributed by atoms with van der Waals surface area (Å²) in [6.07, 6.45) is 2.24. The smallest absolute Gasteiger partial charge is 0.263 e. The standard InChI is InChI=1S/C23H27N5O3S/c1-3-5-11-18(26-22-16-10-6-9-14-20(16)32(30,31)27-22)23(29)24-15-21-25-17-12-7-8-13-19(17)28(21)4-2/h6-10,12-14,18H,3-5,11,15H2,1-2H3,(H,24,29)(H,26,27). The first-order valence-electron chi connectivity index (χ1n) is 10.9. The van der Waals surface area contributed by atoms with Gasteiger partial charge in [0.2, 0.25) is 5.91 Å². The van der Waals surface area contributed by atoms with Crippen molar-refractivity contribution in [3.05, 3.63) is 59.9 Å². The van der Waals surface area contributed by atoms with Crippen molar-refractivity contribution in [1.29, 1.82) is 0 Å². The maximum absolute atomic E-state index is 13.1. The number of fused-ring (bicyclic) bond motifs is 2. The van der Waals surface area contributed by atoms with E-state index in [0.29, 0.717) is 12.0 Å². The number of amidine groups is 1. The molecule has 8 nitrogen and oxygen atoms in total. The highest BCUT2D eigenvalue weighted by Gasteiger charge is 2.31. The van der Waals surface area contributed by atoms with Crippen LogP contribution in [0.15, 0.2) is 58.4 Å². The van der Waals surface area contributed by atoms with Crippen LogP contribution in [-0.4, -0.2) is 35.8 Å². The number of aliphatic imine (C=N–C) groups is 1. The van der Waals surface area contributed by atoms with Crippen LogP contribution in [0.2, 0.25) is 0 Å². The Balaban J connectivity index is 1.57. The van der Waals surface area contributed by atoms with Crippen molar-refractivity contribution < 1.29 is 13.2 Å². The normalized spacial score (nSPS) is 16.6. The lowest BCUT2D eigenvalue weighted by molar-refractivity contribution is -0.122. The summed E-state index contributed by atoms with van der Waals surface area (Å²) >= 11 is 0. The molecule has 1 aliphatic rings. The third-order valence-electron chi connectivity index (χ3n) is 5.55. The van der Waals surface area contributed by atoms with Crippen LogP contribution in [0, 0.1) is 0 Å². The van der Waals surface area contributed by atoms with Gasteiger partial charge in [-0.1, -0.05) is 44.0 Å². The first kappa shape index (κ1) is 22.0. The van der Waals surface area contributed by atoms with Gasteiger partial charge in [-0.2, -0.15) is 0 Å². The Morgan fingerprint density at radius 1 is 1.16 bits per heavy atom. The number of aromatic nitrogens is 2. The van der Waals surface area contributed by atoms with Crippen LogP contribution in [0.1, 0.15) is 44.5 Å². The Morgan fingerprint density at radius 2 is 1.91 bits per heavy atom. The van der Waals surface area contributed by atoms with E-state index in [1.807, 2.05) is 38.1 Å². The second-order valence-electron chi connectivity index (χ2n) is 7.72. The Labute approximate surface area is 187 Å². The fourth-order valence-corrected chi connectivity index (χ4v) is 5.17. The fourth-order valence-electron chi connectivity index (χ4n) is 3.93. The van der Waals surface area contributed by atoms with E-state index in [2.05, 4.69) is 24.6 Å². The SMILES string of the molecule is CCCCC(N=C1NS(=O)(=O)c2ccccc21)C(=O)NCc1nc2ccccc2n1CC. The van der Waals surface area contributed by atoms with Gasteiger partial charge < -0.3 is 9.88 Å². The molecular formula is C23H27N5O3S. The summed E-state index contributed by atoms with van der Waals surface area (Å²) in [5.41, 5.74) is 2.41. The number of aryl methyl sites for hydroxylation is 1. The average Bonchev–Trinajstić information content (AvgIpc) is 3.28. The molecule has 0 saturated heterocycles. The minimum Gasteiger partial charge on any atom is -0.347 e. The van der Waals surface area contributed by atoms with Gasteiger partial charge in [0.25, 0.3) is 10.0 Å². The van der Waals surface area contributed by atoms with E-state index in [9.17, 15) is 13.2 Å². The molecule has 0 spiro atoms. The number of nitrogens with one attached hydrogen (secondary N) is 2. The molecule has 168 valence electrons.